The van der Waals surface area contributed by atoms with Gasteiger partial charge in [-0.2, -0.15) is 5.10 Å². The third kappa shape index (κ3) is 4.21. The van der Waals surface area contributed by atoms with Crippen LogP contribution in [0.3, 0.4) is 0 Å². The number of benzene rings is 1. The van der Waals surface area contributed by atoms with Crippen molar-refractivity contribution >= 4 is 5.91 Å². The Hall–Kier alpha value is -2.10. The van der Waals surface area contributed by atoms with Gasteiger partial charge in [-0.05, 0) is 25.3 Å². The normalized spacial score (nSPS) is 10.7. The SMILES string of the molecule is CCCCN(CC)C(=O)c1cnn(Cc2ccccc2)c1CC. The van der Waals surface area contributed by atoms with Gasteiger partial charge in [-0.1, -0.05) is 50.6 Å². The highest BCUT2D eigenvalue weighted by atomic mass is 16.2. The standard InChI is InChI=1S/C19H27N3O/c1-4-7-13-21(6-3)19(23)17-14-20-22(18(17)5-2)15-16-11-9-8-10-12-16/h8-12,14H,4-7,13,15H2,1-3H3. The van der Waals surface area contributed by atoms with E-state index in [1.807, 2.05) is 34.7 Å². The minimum Gasteiger partial charge on any atom is -0.339 e. The van der Waals surface area contributed by atoms with Gasteiger partial charge in [0.15, 0.2) is 0 Å². The number of rotatable bonds is 8. The average Bonchev–Trinajstić information content (AvgIpc) is 2.98. The zero-order chi connectivity index (χ0) is 16.7. The predicted molar refractivity (Wildman–Crippen MR) is 93.6 cm³/mol. The maximum Gasteiger partial charge on any atom is 0.257 e. The summed E-state index contributed by atoms with van der Waals surface area (Å²) in [6.07, 6.45) is 4.68. The Balaban J connectivity index is 2.21. The topological polar surface area (TPSA) is 38.1 Å². The number of amides is 1. The van der Waals surface area contributed by atoms with E-state index in [0.717, 1.165) is 43.6 Å². The maximum atomic E-state index is 12.8. The van der Waals surface area contributed by atoms with Gasteiger partial charge in [0.2, 0.25) is 0 Å². The second-order valence-electron chi connectivity index (χ2n) is 5.74. The van der Waals surface area contributed by atoms with E-state index in [1.165, 1.54) is 5.56 Å². The zero-order valence-corrected chi connectivity index (χ0v) is 14.5. The van der Waals surface area contributed by atoms with Crippen molar-refractivity contribution in [1.29, 1.82) is 0 Å². The molecule has 0 aliphatic heterocycles. The highest BCUT2D eigenvalue weighted by Crippen LogP contribution is 2.15. The summed E-state index contributed by atoms with van der Waals surface area (Å²) in [5.41, 5.74) is 2.97. The summed E-state index contributed by atoms with van der Waals surface area (Å²) in [7, 11) is 0. The van der Waals surface area contributed by atoms with Crippen molar-refractivity contribution in [2.75, 3.05) is 13.1 Å². The molecule has 0 atom stereocenters. The summed E-state index contributed by atoms with van der Waals surface area (Å²) < 4.78 is 1.95. The van der Waals surface area contributed by atoms with Crippen molar-refractivity contribution in [2.45, 2.75) is 46.6 Å². The molecule has 1 heterocycles. The highest BCUT2D eigenvalue weighted by Gasteiger charge is 2.20. The molecule has 0 N–H and O–H groups in total. The minimum absolute atomic E-state index is 0.108. The average molecular weight is 313 g/mol. The Bertz CT molecular complexity index is 619. The lowest BCUT2D eigenvalue weighted by Crippen LogP contribution is -2.32. The van der Waals surface area contributed by atoms with Gasteiger partial charge in [-0.25, -0.2) is 0 Å². The van der Waals surface area contributed by atoms with Crippen molar-refractivity contribution < 1.29 is 4.79 Å². The Morgan fingerprint density at radius 3 is 2.52 bits per heavy atom. The molecule has 0 saturated carbocycles. The number of aromatic nitrogens is 2. The lowest BCUT2D eigenvalue weighted by molar-refractivity contribution is 0.0761. The van der Waals surface area contributed by atoms with Gasteiger partial charge >= 0.3 is 0 Å². The molecule has 124 valence electrons. The summed E-state index contributed by atoms with van der Waals surface area (Å²) in [6, 6.07) is 10.2. The molecule has 0 saturated heterocycles. The molecule has 0 spiro atoms. The van der Waals surface area contributed by atoms with Crippen LogP contribution in [0.15, 0.2) is 36.5 Å². The lowest BCUT2D eigenvalue weighted by Gasteiger charge is -2.20. The number of carbonyl (C=O) groups excluding carboxylic acids is 1. The Labute approximate surface area is 139 Å². The summed E-state index contributed by atoms with van der Waals surface area (Å²) in [4.78, 5) is 14.7. The fourth-order valence-electron chi connectivity index (χ4n) is 2.78. The molecule has 4 nitrogen and oxygen atoms in total. The number of carbonyl (C=O) groups is 1. The van der Waals surface area contributed by atoms with Crippen LogP contribution in [0.5, 0.6) is 0 Å². The quantitative estimate of drug-likeness (QED) is 0.744. The zero-order valence-electron chi connectivity index (χ0n) is 14.5. The first-order chi connectivity index (χ1) is 11.2. The van der Waals surface area contributed by atoms with Crippen LogP contribution in [0.25, 0.3) is 0 Å². The fraction of sp³-hybridized carbons (Fsp3) is 0.474. The molecular formula is C19H27N3O. The molecule has 23 heavy (non-hydrogen) atoms. The van der Waals surface area contributed by atoms with E-state index in [2.05, 4.69) is 31.1 Å². The van der Waals surface area contributed by atoms with Crippen molar-refractivity contribution in [1.82, 2.24) is 14.7 Å². The molecule has 0 aliphatic carbocycles. The number of hydrogen-bond acceptors (Lipinski definition) is 2. The van der Waals surface area contributed by atoms with Crippen molar-refractivity contribution in [3.05, 3.63) is 53.3 Å². The van der Waals surface area contributed by atoms with Crippen LogP contribution in [0.2, 0.25) is 0 Å². The molecule has 0 unspecified atom stereocenters. The van der Waals surface area contributed by atoms with Gasteiger partial charge in [0.05, 0.1) is 24.0 Å². The Kier molecular flexibility index (Phi) is 6.39. The van der Waals surface area contributed by atoms with Crippen LogP contribution in [0.4, 0.5) is 0 Å². The van der Waals surface area contributed by atoms with Gasteiger partial charge in [-0.3, -0.25) is 9.48 Å². The van der Waals surface area contributed by atoms with E-state index in [0.29, 0.717) is 6.54 Å². The summed E-state index contributed by atoms with van der Waals surface area (Å²) in [6.45, 7) is 8.53. The monoisotopic (exact) mass is 313 g/mol. The summed E-state index contributed by atoms with van der Waals surface area (Å²) in [5, 5.41) is 4.47. The first-order valence-corrected chi connectivity index (χ1v) is 8.59. The minimum atomic E-state index is 0.108. The largest absolute Gasteiger partial charge is 0.339 e. The van der Waals surface area contributed by atoms with Crippen molar-refractivity contribution in [3.8, 4) is 0 Å². The predicted octanol–water partition coefficient (Wildman–Crippen LogP) is 3.76. The van der Waals surface area contributed by atoms with E-state index in [4.69, 9.17) is 0 Å². The number of unbranched alkanes of at least 4 members (excludes halogenated alkanes) is 1. The second-order valence-corrected chi connectivity index (χ2v) is 5.74. The van der Waals surface area contributed by atoms with Gasteiger partial charge in [0, 0.05) is 13.1 Å². The molecule has 1 aromatic carbocycles. The fourth-order valence-corrected chi connectivity index (χ4v) is 2.78. The van der Waals surface area contributed by atoms with E-state index in [9.17, 15) is 4.79 Å². The third-order valence-electron chi connectivity index (χ3n) is 4.14. The van der Waals surface area contributed by atoms with Crippen LogP contribution < -0.4 is 0 Å². The van der Waals surface area contributed by atoms with Crippen LogP contribution in [0, 0.1) is 0 Å². The first kappa shape index (κ1) is 17.3. The van der Waals surface area contributed by atoms with Crippen LogP contribution in [-0.4, -0.2) is 33.7 Å². The van der Waals surface area contributed by atoms with E-state index >= 15 is 0 Å². The second kappa shape index (κ2) is 8.51. The Morgan fingerprint density at radius 1 is 1.17 bits per heavy atom. The first-order valence-electron chi connectivity index (χ1n) is 8.59. The molecule has 0 fully saturated rings. The molecule has 0 aliphatic rings. The number of hydrogen-bond donors (Lipinski definition) is 0. The summed E-state index contributed by atoms with van der Waals surface area (Å²) in [5.74, 6) is 0.108. The van der Waals surface area contributed by atoms with Gasteiger partial charge in [0.25, 0.3) is 5.91 Å². The third-order valence-corrected chi connectivity index (χ3v) is 4.14. The van der Waals surface area contributed by atoms with Crippen LogP contribution in [-0.2, 0) is 13.0 Å². The molecule has 4 heteroatoms. The van der Waals surface area contributed by atoms with Crippen molar-refractivity contribution in [2.24, 2.45) is 0 Å². The molecule has 0 bridgehead atoms. The molecule has 1 aromatic heterocycles. The molecule has 2 rings (SSSR count). The maximum absolute atomic E-state index is 12.8. The van der Waals surface area contributed by atoms with Crippen LogP contribution in [0.1, 0.15) is 55.2 Å². The van der Waals surface area contributed by atoms with E-state index in [-0.39, 0.29) is 5.91 Å². The Morgan fingerprint density at radius 2 is 1.91 bits per heavy atom. The van der Waals surface area contributed by atoms with Crippen molar-refractivity contribution in [3.63, 3.8) is 0 Å². The molecule has 2 aromatic rings. The van der Waals surface area contributed by atoms with E-state index in [1.54, 1.807) is 6.20 Å². The lowest BCUT2D eigenvalue weighted by atomic mass is 10.1. The van der Waals surface area contributed by atoms with E-state index < -0.39 is 0 Å². The highest BCUT2D eigenvalue weighted by molar-refractivity contribution is 5.95. The van der Waals surface area contributed by atoms with Gasteiger partial charge < -0.3 is 4.90 Å². The smallest absolute Gasteiger partial charge is 0.257 e. The van der Waals surface area contributed by atoms with Gasteiger partial charge in [-0.15, -0.1) is 0 Å². The molecule has 1 amide bonds. The molecular weight excluding hydrogens is 286 g/mol. The molecule has 0 radical (unpaired) electrons. The summed E-state index contributed by atoms with van der Waals surface area (Å²) >= 11 is 0. The van der Waals surface area contributed by atoms with Gasteiger partial charge in [0.1, 0.15) is 0 Å². The van der Waals surface area contributed by atoms with Crippen LogP contribution >= 0.6 is 0 Å². The number of nitrogens with zero attached hydrogens (tertiary/aromatic N) is 3.